The number of aryl methyl sites for hydroxylation is 1. The van der Waals surface area contributed by atoms with Crippen LogP contribution in [0.3, 0.4) is 0 Å². The van der Waals surface area contributed by atoms with E-state index in [-0.39, 0.29) is 5.91 Å². The van der Waals surface area contributed by atoms with Gasteiger partial charge in [-0.1, -0.05) is 23.7 Å². The van der Waals surface area contributed by atoms with Gasteiger partial charge in [-0.15, -0.1) is 0 Å². The smallest absolute Gasteiger partial charge is 0.266 e. The number of hydrogen-bond acceptors (Lipinski definition) is 3. The van der Waals surface area contributed by atoms with Gasteiger partial charge in [0.15, 0.2) is 5.60 Å². The van der Waals surface area contributed by atoms with Gasteiger partial charge in [-0.2, -0.15) is 0 Å². The molecule has 5 nitrogen and oxygen atoms in total. The normalized spacial score (nSPS) is 15.5. The molecule has 6 heteroatoms. The molecule has 30 heavy (non-hydrogen) atoms. The molecule has 0 saturated carbocycles. The Labute approximate surface area is 182 Å². The number of rotatable bonds is 5. The molecule has 1 aliphatic heterocycles. The topological polar surface area (TPSA) is 47.4 Å². The van der Waals surface area contributed by atoms with Gasteiger partial charge >= 0.3 is 0 Å². The third-order valence-electron chi connectivity index (χ3n) is 5.89. The van der Waals surface area contributed by atoms with Crippen LogP contribution in [-0.4, -0.2) is 39.0 Å². The molecular weight excluding hydrogens is 398 g/mol. The number of aromatic nitrogens is 2. The van der Waals surface area contributed by atoms with E-state index >= 15 is 0 Å². The van der Waals surface area contributed by atoms with Crippen LogP contribution < -0.4 is 4.74 Å². The van der Waals surface area contributed by atoms with Crippen LogP contribution in [-0.2, 0) is 11.3 Å². The van der Waals surface area contributed by atoms with Gasteiger partial charge in [-0.05, 0) is 75.9 Å². The monoisotopic (exact) mass is 425 g/mol. The maximum Gasteiger partial charge on any atom is 0.266 e. The van der Waals surface area contributed by atoms with Crippen molar-refractivity contribution in [3.05, 3.63) is 59.4 Å². The van der Waals surface area contributed by atoms with Crippen LogP contribution in [0.4, 0.5) is 0 Å². The number of amides is 1. The van der Waals surface area contributed by atoms with Crippen molar-refractivity contribution in [1.29, 1.82) is 0 Å². The van der Waals surface area contributed by atoms with E-state index in [1.165, 1.54) is 5.52 Å². The maximum atomic E-state index is 13.1. The van der Waals surface area contributed by atoms with Gasteiger partial charge in [0.1, 0.15) is 11.6 Å². The second kappa shape index (κ2) is 8.31. The van der Waals surface area contributed by atoms with Gasteiger partial charge in [0.25, 0.3) is 5.91 Å². The number of fused-ring (bicyclic) bond motifs is 1. The highest BCUT2D eigenvalue weighted by Crippen LogP contribution is 2.27. The summed E-state index contributed by atoms with van der Waals surface area (Å²) in [5.41, 5.74) is 1.31. The van der Waals surface area contributed by atoms with Crippen LogP contribution in [0, 0.1) is 12.8 Å². The van der Waals surface area contributed by atoms with Crippen molar-refractivity contribution >= 4 is 28.5 Å². The summed E-state index contributed by atoms with van der Waals surface area (Å²) in [6.45, 7) is 8.17. The third kappa shape index (κ3) is 4.31. The summed E-state index contributed by atoms with van der Waals surface area (Å²) >= 11 is 5.94. The number of benzene rings is 2. The summed E-state index contributed by atoms with van der Waals surface area (Å²) in [4.78, 5) is 19.7. The fourth-order valence-electron chi connectivity index (χ4n) is 4.22. The first-order valence-electron chi connectivity index (χ1n) is 10.5. The lowest BCUT2D eigenvalue weighted by Gasteiger charge is -2.37. The summed E-state index contributed by atoms with van der Waals surface area (Å²) < 4.78 is 8.30. The SMILES string of the molecule is Cc1nc2ccccc2n1CC1CCN(C(=O)C(C)(C)Oc2ccc(Cl)cc2)CC1. The lowest BCUT2D eigenvalue weighted by Crippen LogP contribution is -2.51. The van der Waals surface area contributed by atoms with E-state index in [1.54, 1.807) is 24.3 Å². The molecular formula is C24H28ClN3O2. The molecule has 0 aliphatic carbocycles. The number of carbonyl (C=O) groups excluding carboxylic acids is 1. The molecule has 0 radical (unpaired) electrons. The first kappa shape index (κ1) is 20.7. The molecule has 1 fully saturated rings. The van der Waals surface area contributed by atoms with E-state index in [4.69, 9.17) is 16.3 Å². The molecule has 2 heterocycles. The molecule has 0 bridgehead atoms. The molecule has 158 valence electrons. The Balaban J connectivity index is 1.37. The fourth-order valence-corrected chi connectivity index (χ4v) is 4.35. The van der Waals surface area contributed by atoms with Gasteiger partial charge in [0.05, 0.1) is 11.0 Å². The highest BCUT2D eigenvalue weighted by molar-refractivity contribution is 6.30. The first-order chi connectivity index (χ1) is 14.3. The maximum absolute atomic E-state index is 13.1. The number of nitrogens with zero attached hydrogens (tertiary/aromatic N) is 3. The number of carbonyl (C=O) groups is 1. The minimum atomic E-state index is -0.919. The van der Waals surface area contributed by atoms with Crippen molar-refractivity contribution in [2.75, 3.05) is 13.1 Å². The summed E-state index contributed by atoms with van der Waals surface area (Å²) in [6, 6.07) is 15.4. The standard InChI is InChI=1S/C24H28ClN3O2/c1-17-26-21-6-4-5-7-22(21)28(17)16-18-12-14-27(15-13-18)23(29)24(2,3)30-20-10-8-19(25)9-11-20/h4-11,18H,12-16H2,1-3H3. The second-order valence-electron chi connectivity index (χ2n) is 8.56. The molecule has 0 unspecified atom stereocenters. The zero-order chi connectivity index (χ0) is 21.3. The average Bonchev–Trinajstić information content (AvgIpc) is 3.05. The summed E-state index contributed by atoms with van der Waals surface area (Å²) in [6.07, 6.45) is 1.96. The zero-order valence-corrected chi connectivity index (χ0v) is 18.5. The quantitative estimate of drug-likeness (QED) is 0.571. The lowest BCUT2D eigenvalue weighted by atomic mass is 9.95. The Morgan fingerprint density at radius 3 is 2.50 bits per heavy atom. The van der Waals surface area contributed by atoms with Crippen LogP contribution in [0.5, 0.6) is 5.75 Å². The highest BCUT2D eigenvalue weighted by atomic mass is 35.5. The van der Waals surface area contributed by atoms with E-state index in [2.05, 4.69) is 34.7 Å². The molecule has 1 saturated heterocycles. The Bertz CT molecular complexity index is 1030. The van der Waals surface area contributed by atoms with Crippen molar-refractivity contribution < 1.29 is 9.53 Å². The molecule has 1 aromatic heterocycles. The minimum absolute atomic E-state index is 0.0279. The predicted octanol–water partition coefficient (Wildman–Crippen LogP) is 5.09. The van der Waals surface area contributed by atoms with Crippen molar-refractivity contribution in [2.45, 2.75) is 45.8 Å². The van der Waals surface area contributed by atoms with E-state index in [9.17, 15) is 4.79 Å². The zero-order valence-electron chi connectivity index (χ0n) is 17.8. The number of imidazole rings is 1. The van der Waals surface area contributed by atoms with E-state index in [1.807, 2.05) is 24.8 Å². The van der Waals surface area contributed by atoms with Crippen LogP contribution in [0.1, 0.15) is 32.5 Å². The van der Waals surface area contributed by atoms with Gasteiger partial charge in [-0.3, -0.25) is 4.79 Å². The van der Waals surface area contributed by atoms with Crippen molar-refractivity contribution in [3.63, 3.8) is 0 Å². The Morgan fingerprint density at radius 2 is 1.80 bits per heavy atom. The number of likely N-dealkylation sites (tertiary alicyclic amines) is 1. The lowest BCUT2D eigenvalue weighted by molar-refractivity contribution is -0.147. The van der Waals surface area contributed by atoms with Crippen LogP contribution in [0.25, 0.3) is 11.0 Å². The summed E-state index contributed by atoms with van der Waals surface area (Å²) in [5, 5.41) is 0.648. The average molecular weight is 426 g/mol. The molecule has 0 spiro atoms. The second-order valence-corrected chi connectivity index (χ2v) is 9.00. The van der Waals surface area contributed by atoms with Crippen molar-refractivity contribution in [1.82, 2.24) is 14.5 Å². The number of para-hydroxylation sites is 2. The third-order valence-corrected chi connectivity index (χ3v) is 6.14. The van der Waals surface area contributed by atoms with Crippen LogP contribution >= 0.6 is 11.6 Å². The Kier molecular flexibility index (Phi) is 5.74. The minimum Gasteiger partial charge on any atom is -0.478 e. The number of piperidine rings is 1. The molecule has 0 N–H and O–H groups in total. The Morgan fingerprint density at radius 1 is 1.13 bits per heavy atom. The number of halogens is 1. The molecule has 0 atom stereocenters. The molecule has 1 aliphatic rings. The number of hydrogen-bond donors (Lipinski definition) is 0. The number of ether oxygens (including phenoxy) is 1. The van der Waals surface area contributed by atoms with E-state index in [0.717, 1.165) is 43.8 Å². The predicted molar refractivity (Wildman–Crippen MR) is 120 cm³/mol. The largest absolute Gasteiger partial charge is 0.478 e. The van der Waals surface area contributed by atoms with Crippen LogP contribution in [0.15, 0.2) is 48.5 Å². The van der Waals surface area contributed by atoms with Gasteiger partial charge in [-0.25, -0.2) is 4.98 Å². The van der Waals surface area contributed by atoms with E-state index < -0.39 is 5.60 Å². The summed E-state index contributed by atoms with van der Waals surface area (Å²) in [7, 11) is 0. The molecule has 1 amide bonds. The Hall–Kier alpha value is -2.53. The molecule has 4 rings (SSSR count). The molecule has 2 aromatic carbocycles. The molecule has 3 aromatic rings. The van der Waals surface area contributed by atoms with Crippen LogP contribution in [0.2, 0.25) is 5.02 Å². The van der Waals surface area contributed by atoms with E-state index in [0.29, 0.717) is 16.7 Å². The van der Waals surface area contributed by atoms with Gasteiger partial charge < -0.3 is 14.2 Å². The van der Waals surface area contributed by atoms with Crippen molar-refractivity contribution in [3.8, 4) is 5.75 Å². The van der Waals surface area contributed by atoms with Gasteiger partial charge in [0, 0.05) is 24.7 Å². The van der Waals surface area contributed by atoms with Gasteiger partial charge in [0.2, 0.25) is 0 Å². The first-order valence-corrected chi connectivity index (χ1v) is 10.9. The fraction of sp³-hybridized carbons (Fsp3) is 0.417. The highest BCUT2D eigenvalue weighted by Gasteiger charge is 2.36. The van der Waals surface area contributed by atoms with Crippen molar-refractivity contribution in [2.24, 2.45) is 5.92 Å². The summed E-state index contributed by atoms with van der Waals surface area (Å²) in [5.74, 6) is 2.26.